The highest BCUT2D eigenvalue weighted by Crippen LogP contribution is 2.13. The van der Waals surface area contributed by atoms with Crippen molar-refractivity contribution in [3.63, 3.8) is 0 Å². The number of piperazine rings is 1. The van der Waals surface area contributed by atoms with Crippen molar-refractivity contribution in [2.75, 3.05) is 31.1 Å². The van der Waals surface area contributed by atoms with Crippen molar-refractivity contribution in [2.24, 2.45) is 0 Å². The molecule has 2 heterocycles. The summed E-state index contributed by atoms with van der Waals surface area (Å²) < 4.78 is 13.1. The van der Waals surface area contributed by atoms with Gasteiger partial charge in [0.15, 0.2) is 0 Å². The van der Waals surface area contributed by atoms with E-state index in [-0.39, 0.29) is 11.4 Å². The zero-order valence-corrected chi connectivity index (χ0v) is 17.1. The Morgan fingerprint density at radius 2 is 1.71 bits per heavy atom. The van der Waals surface area contributed by atoms with E-state index in [4.69, 9.17) is 0 Å². The zero-order valence-electron chi connectivity index (χ0n) is 17.1. The fourth-order valence-corrected chi connectivity index (χ4v) is 3.55. The van der Waals surface area contributed by atoms with Crippen LogP contribution in [0, 0.1) is 5.82 Å². The Bertz CT molecular complexity index is 1080. The van der Waals surface area contributed by atoms with Gasteiger partial charge in [-0.1, -0.05) is 42.5 Å². The molecule has 0 spiro atoms. The number of hydrogen-bond acceptors (Lipinski definition) is 5. The molecule has 1 fully saturated rings. The summed E-state index contributed by atoms with van der Waals surface area (Å²) in [5.74, 6) is -0.222. The lowest BCUT2D eigenvalue weighted by molar-refractivity contribution is 0.0949. The first-order valence-corrected chi connectivity index (χ1v) is 10.2. The summed E-state index contributed by atoms with van der Waals surface area (Å²) in [6.45, 7) is 4.07. The molecule has 0 radical (unpaired) electrons. The summed E-state index contributed by atoms with van der Waals surface area (Å²) in [6, 6.07) is 16.0. The number of rotatable bonds is 6. The second-order valence-electron chi connectivity index (χ2n) is 7.51. The van der Waals surface area contributed by atoms with Crippen molar-refractivity contribution >= 4 is 11.9 Å². The Morgan fingerprint density at radius 3 is 2.39 bits per heavy atom. The molecule has 3 aromatic rings. The molecule has 8 heteroatoms. The van der Waals surface area contributed by atoms with Crippen molar-refractivity contribution in [2.45, 2.75) is 13.1 Å². The maximum absolute atomic E-state index is 13.1. The molecule has 31 heavy (non-hydrogen) atoms. The minimum absolute atomic E-state index is 0.00498. The van der Waals surface area contributed by atoms with Crippen molar-refractivity contribution in [1.29, 1.82) is 0 Å². The largest absolute Gasteiger partial charge is 0.348 e. The molecule has 0 bridgehead atoms. The van der Waals surface area contributed by atoms with Crippen LogP contribution in [0.15, 0.2) is 65.6 Å². The van der Waals surface area contributed by atoms with E-state index in [9.17, 15) is 14.0 Å². The standard InChI is InChI=1S/C23H24FN5O2/c24-19-8-6-18(7-9-19)16-28-10-12-29(13-11-28)23-26-15-20(22(31)27-23)21(30)25-14-17-4-2-1-3-5-17/h1-9,15H,10-14,16H2,(H,25,30)(H,26,27,31). The number of halogens is 1. The highest BCUT2D eigenvalue weighted by Gasteiger charge is 2.20. The van der Waals surface area contributed by atoms with Gasteiger partial charge in [-0.2, -0.15) is 0 Å². The van der Waals surface area contributed by atoms with Crippen LogP contribution in [-0.2, 0) is 13.1 Å². The average molecular weight is 421 g/mol. The number of carbonyl (C=O) groups is 1. The minimum Gasteiger partial charge on any atom is -0.348 e. The Labute approximate surface area is 179 Å². The lowest BCUT2D eigenvalue weighted by Gasteiger charge is -2.35. The van der Waals surface area contributed by atoms with Crippen molar-refractivity contribution in [3.8, 4) is 0 Å². The van der Waals surface area contributed by atoms with Crippen LogP contribution < -0.4 is 15.8 Å². The molecule has 0 aliphatic carbocycles. The van der Waals surface area contributed by atoms with E-state index < -0.39 is 11.5 Å². The van der Waals surface area contributed by atoms with Gasteiger partial charge in [-0.05, 0) is 23.3 Å². The van der Waals surface area contributed by atoms with E-state index in [1.807, 2.05) is 35.2 Å². The molecule has 1 saturated heterocycles. The first kappa shape index (κ1) is 20.7. The molecule has 0 unspecified atom stereocenters. The van der Waals surface area contributed by atoms with Crippen LogP contribution in [0.3, 0.4) is 0 Å². The van der Waals surface area contributed by atoms with Crippen LogP contribution in [0.5, 0.6) is 0 Å². The fraction of sp³-hybridized carbons (Fsp3) is 0.261. The van der Waals surface area contributed by atoms with E-state index in [0.717, 1.165) is 30.8 Å². The first-order valence-electron chi connectivity index (χ1n) is 10.2. The molecule has 2 aromatic carbocycles. The summed E-state index contributed by atoms with van der Waals surface area (Å²) in [7, 11) is 0. The number of amides is 1. The molecular weight excluding hydrogens is 397 g/mol. The lowest BCUT2D eigenvalue weighted by Crippen LogP contribution is -2.47. The van der Waals surface area contributed by atoms with Crippen molar-refractivity contribution in [3.05, 3.63) is 93.7 Å². The summed E-state index contributed by atoms with van der Waals surface area (Å²) >= 11 is 0. The third kappa shape index (κ3) is 5.35. The number of aromatic amines is 1. The van der Waals surface area contributed by atoms with Gasteiger partial charge in [0.2, 0.25) is 5.95 Å². The molecule has 1 aliphatic heterocycles. The first-order chi connectivity index (χ1) is 15.1. The van der Waals surface area contributed by atoms with Gasteiger partial charge in [0.25, 0.3) is 11.5 Å². The average Bonchev–Trinajstić information content (AvgIpc) is 2.80. The van der Waals surface area contributed by atoms with E-state index in [0.29, 0.717) is 25.6 Å². The topological polar surface area (TPSA) is 81.3 Å². The van der Waals surface area contributed by atoms with Gasteiger partial charge in [0.1, 0.15) is 11.4 Å². The normalized spacial score (nSPS) is 14.4. The Hall–Kier alpha value is -3.52. The van der Waals surface area contributed by atoms with E-state index in [1.165, 1.54) is 18.3 Å². The molecule has 160 valence electrons. The van der Waals surface area contributed by atoms with E-state index in [1.54, 1.807) is 12.1 Å². The second-order valence-corrected chi connectivity index (χ2v) is 7.51. The maximum Gasteiger partial charge on any atom is 0.265 e. The highest BCUT2D eigenvalue weighted by atomic mass is 19.1. The second kappa shape index (κ2) is 9.53. The summed E-state index contributed by atoms with van der Waals surface area (Å²) in [6.07, 6.45) is 1.33. The van der Waals surface area contributed by atoms with Crippen LogP contribution in [0.2, 0.25) is 0 Å². The third-order valence-electron chi connectivity index (χ3n) is 5.32. The molecule has 4 rings (SSSR count). The van der Waals surface area contributed by atoms with Crippen LogP contribution in [0.4, 0.5) is 10.3 Å². The Morgan fingerprint density at radius 1 is 1.00 bits per heavy atom. The maximum atomic E-state index is 13.1. The number of benzene rings is 2. The lowest BCUT2D eigenvalue weighted by atomic mass is 10.2. The molecular formula is C23H24FN5O2. The predicted octanol–water partition coefficient (Wildman–Crippen LogP) is 2.16. The number of nitrogens with zero attached hydrogens (tertiary/aromatic N) is 3. The molecule has 1 amide bonds. The molecule has 0 saturated carbocycles. The predicted molar refractivity (Wildman–Crippen MR) is 116 cm³/mol. The Kier molecular flexibility index (Phi) is 6.37. The van der Waals surface area contributed by atoms with Gasteiger partial charge in [0, 0.05) is 45.5 Å². The number of carbonyl (C=O) groups excluding carboxylic acids is 1. The monoisotopic (exact) mass is 421 g/mol. The van der Waals surface area contributed by atoms with Crippen LogP contribution in [-0.4, -0.2) is 47.0 Å². The number of nitrogens with one attached hydrogen (secondary N) is 2. The van der Waals surface area contributed by atoms with Crippen molar-refractivity contribution in [1.82, 2.24) is 20.2 Å². The third-order valence-corrected chi connectivity index (χ3v) is 5.32. The number of anilines is 1. The van der Waals surface area contributed by atoms with E-state index >= 15 is 0 Å². The smallest absolute Gasteiger partial charge is 0.265 e. The SMILES string of the molecule is O=C(NCc1ccccc1)c1cnc(N2CCN(Cc3ccc(F)cc3)CC2)[nH]c1=O. The van der Waals surface area contributed by atoms with Crippen LogP contribution in [0.1, 0.15) is 21.5 Å². The van der Waals surface area contributed by atoms with Gasteiger partial charge in [-0.15, -0.1) is 0 Å². The van der Waals surface area contributed by atoms with Crippen LogP contribution >= 0.6 is 0 Å². The fourth-order valence-electron chi connectivity index (χ4n) is 3.55. The van der Waals surface area contributed by atoms with Gasteiger partial charge in [0.05, 0.1) is 0 Å². The molecule has 7 nitrogen and oxygen atoms in total. The Balaban J connectivity index is 1.32. The van der Waals surface area contributed by atoms with Gasteiger partial charge < -0.3 is 10.2 Å². The van der Waals surface area contributed by atoms with Gasteiger partial charge in [-0.3, -0.25) is 19.5 Å². The number of hydrogen-bond donors (Lipinski definition) is 2. The molecule has 0 atom stereocenters. The molecule has 2 N–H and O–H groups in total. The van der Waals surface area contributed by atoms with Crippen LogP contribution in [0.25, 0.3) is 0 Å². The highest BCUT2D eigenvalue weighted by molar-refractivity contribution is 5.93. The zero-order chi connectivity index (χ0) is 21.6. The number of H-pyrrole nitrogens is 1. The minimum atomic E-state index is -0.454. The van der Waals surface area contributed by atoms with E-state index in [2.05, 4.69) is 20.2 Å². The molecule has 1 aliphatic rings. The van der Waals surface area contributed by atoms with Crippen molar-refractivity contribution < 1.29 is 9.18 Å². The molecule has 1 aromatic heterocycles. The summed E-state index contributed by atoms with van der Waals surface area (Å²) in [4.78, 5) is 36.1. The van der Waals surface area contributed by atoms with Gasteiger partial charge in [-0.25, -0.2) is 9.37 Å². The van der Waals surface area contributed by atoms with Gasteiger partial charge >= 0.3 is 0 Å². The number of aromatic nitrogens is 2. The summed E-state index contributed by atoms with van der Waals surface area (Å²) in [5, 5.41) is 2.74. The summed E-state index contributed by atoms with van der Waals surface area (Å²) in [5.41, 5.74) is 1.56. The quantitative estimate of drug-likeness (QED) is 0.638.